The first-order valence-electron chi connectivity index (χ1n) is 4.11. The van der Waals surface area contributed by atoms with Crippen LogP contribution >= 0.6 is 0 Å². The van der Waals surface area contributed by atoms with E-state index in [1.165, 1.54) is 0 Å². The molecule has 68 valence electrons. The molecule has 0 amide bonds. The van der Waals surface area contributed by atoms with Crippen LogP contribution in [0.2, 0.25) is 0 Å². The molecule has 0 saturated carbocycles. The third kappa shape index (κ3) is 5.14. The Balaban J connectivity index is -0.000000500. The van der Waals surface area contributed by atoms with E-state index in [1.54, 1.807) is 0 Å². The molecule has 3 N–H and O–H groups in total. The Morgan fingerprint density at radius 3 is 2.33 bits per heavy atom. The Morgan fingerprint density at radius 1 is 1.58 bits per heavy atom. The number of nitrogens with two attached hydrogens (primary N) is 1. The predicted octanol–water partition coefficient (Wildman–Crippen LogP) is -1.66. The molecule has 0 aromatic heterocycles. The number of carboxylic acid groups (broad SMARTS) is 1. The zero-order valence-electron chi connectivity index (χ0n) is 9.21. The zero-order valence-corrected chi connectivity index (χ0v) is 10.2. The average molecular weight is 183 g/mol. The van der Waals surface area contributed by atoms with Crippen molar-refractivity contribution in [3.8, 4) is 0 Å². The Kier molecular flexibility index (Phi) is 10.0. The second kappa shape index (κ2) is 8.05. The topological polar surface area (TPSA) is 63.3 Å². The quantitative estimate of drug-likeness (QED) is 0.501. The second-order valence-corrected chi connectivity index (χ2v) is 2.82. The summed E-state index contributed by atoms with van der Waals surface area (Å²) >= 11 is 0. The van der Waals surface area contributed by atoms with E-state index in [2.05, 4.69) is 0 Å². The van der Waals surface area contributed by atoms with Gasteiger partial charge in [-0.3, -0.25) is 4.79 Å². The number of hydrogen-bond donors (Lipinski definition) is 2. The van der Waals surface area contributed by atoms with E-state index >= 15 is 0 Å². The molecule has 4 heteroatoms. The summed E-state index contributed by atoms with van der Waals surface area (Å²) in [5.74, 6) is -0.747. The standard InChI is InChI=1S/C8H17NO2.Na.H/c1-3-5-6(4-2)7(9)8(10)11;;/h6-7H,3-5,9H2,1-2H3,(H,10,11);;/q;+1;-1. The Labute approximate surface area is 97.5 Å². The summed E-state index contributed by atoms with van der Waals surface area (Å²) in [7, 11) is 0. The summed E-state index contributed by atoms with van der Waals surface area (Å²) in [6.07, 6.45) is 2.75. The van der Waals surface area contributed by atoms with Crippen LogP contribution in [0.5, 0.6) is 0 Å². The zero-order chi connectivity index (χ0) is 8.85. The molecule has 0 radical (unpaired) electrons. The van der Waals surface area contributed by atoms with Gasteiger partial charge in [-0.15, -0.1) is 0 Å². The van der Waals surface area contributed by atoms with Crippen LogP contribution in [-0.2, 0) is 4.79 Å². The number of carbonyl (C=O) groups is 1. The number of hydrogen-bond acceptors (Lipinski definition) is 2. The smallest absolute Gasteiger partial charge is 1.00 e. The van der Waals surface area contributed by atoms with Gasteiger partial charge in [-0.25, -0.2) is 0 Å². The minimum atomic E-state index is -0.884. The largest absolute Gasteiger partial charge is 1.00 e. The molecule has 0 aromatic rings. The Bertz CT molecular complexity index is 135. The fourth-order valence-corrected chi connectivity index (χ4v) is 1.21. The molecule has 12 heavy (non-hydrogen) atoms. The van der Waals surface area contributed by atoms with Gasteiger partial charge < -0.3 is 12.3 Å². The summed E-state index contributed by atoms with van der Waals surface area (Å²) in [4.78, 5) is 10.4. The van der Waals surface area contributed by atoms with Gasteiger partial charge in [-0.1, -0.05) is 26.7 Å². The summed E-state index contributed by atoms with van der Waals surface area (Å²) in [6, 6.07) is -0.681. The molecule has 3 nitrogen and oxygen atoms in total. The number of aliphatic carboxylic acids is 1. The maximum Gasteiger partial charge on any atom is 1.00 e. The SMILES string of the molecule is CCCC(CC)C(N)C(=O)O.[H-].[Na+]. The van der Waals surface area contributed by atoms with Gasteiger partial charge in [0.2, 0.25) is 0 Å². The maximum absolute atomic E-state index is 10.4. The molecule has 0 bridgehead atoms. The van der Waals surface area contributed by atoms with E-state index in [4.69, 9.17) is 10.8 Å². The van der Waals surface area contributed by atoms with Crippen molar-refractivity contribution in [2.24, 2.45) is 11.7 Å². The van der Waals surface area contributed by atoms with Gasteiger partial charge in [0, 0.05) is 0 Å². The minimum Gasteiger partial charge on any atom is -1.00 e. The van der Waals surface area contributed by atoms with Crippen LogP contribution in [0.1, 0.15) is 34.5 Å². The van der Waals surface area contributed by atoms with E-state index in [-0.39, 0.29) is 36.9 Å². The van der Waals surface area contributed by atoms with Gasteiger partial charge in [0.25, 0.3) is 0 Å². The molecule has 0 aliphatic heterocycles. The molecule has 0 rings (SSSR count). The molecule has 0 aliphatic rings. The molecule has 0 aromatic carbocycles. The fraction of sp³-hybridized carbons (Fsp3) is 0.875. The molecular weight excluding hydrogens is 165 g/mol. The van der Waals surface area contributed by atoms with Gasteiger partial charge in [0.15, 0.2) is 0 Å². The Morgan fingerprint density at radius 2 is 2.08 bits per heavy atom. The second-order valence-electron chi connectivity index (χ2n) is 2.82. The summed E-state index contributed by atoms with van der Waals surface area (Å²) < 4.78 is 0. The van der Waals surface area contributed by atoms with Crippen molar-refractivity contribution in [3.05, 3.63) is 0 Å². The van der Waals surface area contributed by atoms with Crippen molar-refractivity contribution in [3.63, 3.8) is 0 Å². The maximum atomic E-state index is 10.4. The van der Waals surface area contributed by atoms with Gasteiger partial charge in [0.1, 0.15) is 6.04 Å². The third-order valence-electron chi connectivity index (χ3n) is 1.98. The van der Waals surface area contributed by atoms with E-state index in [1.807, 2.05) is 13.8 Å². The van der Waals surface area contributed by atoms with Crippen LogP contribution in [0, 0.1) is 5.92 Å². The van der Waals surface area contributed by atoms with Crippen molar-refractivity contribution in [1.82, 2.24) is 0 Å². The average Bonchev–Trinajstić information content (AvgIpc) is 1.98. The van der Waals surface area contributed by atoms with Crippen LogP contribution < -0.4 is 35.3 Å². The molecule has 0 saturated heterocycles. The van der Waals surface area contributed by atoms with Crippen LogP contribution in [0.25, 0.3) is 0 Å². The molecule has 0 aliphatic carbocycles. The van der Waals surface area contributed by atoms with Gasteiger partial charge in [-0.05, 0) is 12.3 Å². The molecular formula is C8H18NNaO2. The summed E-state index contributed by atoms with van der Waals surface area (Å²) in [5.41, 5.74) is 5.46. The van der Waals surface area contributed by atoms with Crippen molar-refractivity contribution < 1.29 is 40.9 Å². The number of rotatable bonds is 5. The summed E-state index contributed by atoms with van der Waals surface area (Å²) in [6.45, 7) is 4.01. The first-order valence-corrected chi connectivity index (χ1v) is 4.11. The van der Waals surface area contributed by atoms with Gasteiger partial charge in [-0.2, -0.15) is 0 Å². The van der Waals surface area contributed by atoms with Crippen molar-refractivity contribution in [2.45, 2.75) is 39.2 Å². The monoisotopic (exact) mass is 183 g/mol. The first-order chi connectivity index (χ1) is 5.13. The fourth-order valence-electron chi connectivity index (χ4n) is 1.21. The van der Waals surface area contributed by atoms with Crippen LogP contribution in [0.4, 0.5) is 0 Å². The normalized spacial score (nSPS) is 14.6. The molecule has 0 spiro atoms. The van der Waals surface area contributed by atoms with Crippen molar-refractivity contribution >= 4 is 5.97 Å². The predicted molar refractivity (Wildman–Crippen MR) is 45.4 cm³/mol. The van der Waals surface area contributed by atoms with E-state index < -0.39 is 12.0 Å². The van der Waals surface area contributed by atoms with Gasteiger partial charge in [0.05, 0.1) is 0 Å². The van der Waals surface area contributed by atoms with Crippen molar-refractivity contribution in [1.29, 1.82) is 0 Å². The van der Waals surface area contributed by atoms with Crippen LogP contribution in [0.3, 0.4) is 0 Å². The molecule has 0 heterocycles. The molecule has 0 fully saturated rings. The van der Waals surface area contributed by atoms with Crippen molar-refractivity contribution in [2.75, 3.05) is 0 Å². The third-order valence-corrected chi connectivity index (χ3v) is 1.98. The Hall–Kier alpha value is 0.430. The van der Waals surface area contributed by atoms with E-state index in [9.17, 15) is 4.79 Å². The van der Waals surface area contributed by atoms with Gasteiger partial charge >= 0.3 is 35.5 Å². The summed E-state index contributed by atoms with van der Waals surface area (Å²) in [5, 5.41) is 8.59. The molecule has 2 unspecified atom stereocenters. The first kappa shape index (κ1) is 14.9. The minimum absolute atomic E-state index is 0. The number of carboxylic acids is 1. The van der Waals surface area contributed by atoms with Crippen LogP contribution in [0.15, 0.2) is 0 Å². The van der Waals surface area contributed by atoms with E-state index in [0.717, 1.165) is 19.3 Å². The van der Waals surface area contributed by atoms with E-state index in [0.29, 0.717) is 0 Å². The molecule has 2 atom stereocenters. The van der Waals surface area contributed by atoms with Crippen LogP contribution in [-0.4, -0.2) is 17.1 Å².